The number of hydrogen-bond acceptors (Lipinski definition) is 0. The van der Waals surface area contributed by atoms with Gasteiger partial charge in [0, 0.05) is 96.0 Å². The molecule has 0 aromatic carbocycles. The Balaban J connectivity index is 0. The van der Waals surface area contributed by atoms with Crippen molar-refractivity contribution in [2.24, 2.45) is 0 Å². The van der Waals surface area contributed by atoms with E-state index in [1.54, 1.807) is 0 Å². The first kappa shape index (κ1) is 42.7. The summed E-state index contributed by atoms with van der Waals surface area (Å²) in [5.41, 5.74) is 0. The fraction of sp³-hybridized carbons (Fsp3) is 0. The Morgan fingerprint density at radius 1 is 1.00 bits per heavy atom. The first-order valence-corrected chi connectivity index (χ1v) is 0. The van der Waals surface area contributed by atoms with Crippen LogP contribution in [-0.4, -0.2) is 43.2 Å². The van der Waals surface area contributed by atoms with Crippen LogP contribution in [0.4, 0.5) is 0 Å². The SMILES string of the molecule is O.[Ca].[Cu].[Ti].[Zn]. The molecule has 0 spiro atoms. The summed E-state index contributed by atoms with van der Waals surface area (Å²) in [5, 5.41) is 0. The van der Waals surface area contributed by atoms with E-state index in [0.717, 1.165) is 0 Å². The predicted molar refractivity (Wildman–Crippen MR) is 9.37 cm³/mol. The molecule has 3 radical (unpaired) electrons. The largest absolute Gasteiger partial charge is 0.412 e. The van der Waals surface area contributed by atoms with Crippen LogP contribution in [0.25, 0.3) is 0 Å². The van der Waals surface area contributed by atoms with Gasteiger partial charge in [-0.05, 0) is 0 Å². The number of hydrogen-bond donors (Lipinski definition) is 0. The van der Waals surface area contributed by atoms with Crippen molar-refractivity contribution < 1.29 is 63.7 Å². The van der Waals surface area contributed by atoms with Crippen molar-refractivity contribution >= 4 is 37.7 Å². The first-order chi connectivity index (χ1) is 0. The van der Waals surface area contributed by atoms with Crippen molar-refractivity contribution in [2.75, 3.05) is 0 Å². The second-order valence-corrected chi connectivity index (χ2v) is 0. The van der Waals surface area contributed by atoms with Crippen molar-refractivity contribution in [3.05, 3.63) is 0 Å². The van der Waals surface area contributed by atoms with Gasteiger partial charge >= 0.3 is 0 Å². The van der Waals surface area contributed by atoms with Crippen LogP contribution in [0.2, 0.25) is 0 Å². The quantitative estimate of drug-likeness (QED) is 0.471. The van der Waals surface area contributed by atoms with E-state index in [4.69, 9.17) is 0 Å². The van der Waals surface area contributed by atoms with Crippen molar-refractivity contribution in [2.45, 2.75) is 0 Å². The van der Waals surface area contributed by atoms with Crippen LogP contribution in [0.3, 0.4) is 0 Å². The summed E-state index contributed by atoms with van der Waals surface area (Å²) >= 11 is 0. The average Bonchev–Trinajstić information content (AvgIpc) is 0. The topological polar surface area (TPSA) is 31.5 Å². The molecule has 0 unspecified atom stereocenters. The van der Waals surface area contributed by atoms with Gasteiger partial charge in [0.25, 0.3) is 0 Å². The minimum absolute atomic E-state index is 0. The van der Waals surface area contributed by atoms with Crippen molar-refractivity contribution in [3.63, 3.8) is 0 Å². The Morgan fingerprint density at radius 2 is 1.00 bits per heavy atom. The van der Waals surface area contributed by atoms with Gasteiger partial charge in [-0.2, -0.15) is 0 Å². The van der Waals surface area contributed by atoms with Crippen LogP contribution < -0.4 is 0 Å². The van der Waals surface area contributed by atoms with Crippen LogP contribution in [0.5, 0.6) is 0 Å². The Labute approximate surface area is 99.5 Å². The molecular weight excluding hydrogens is 233 g/mol. The molecule has 0 aliphatic carbocycles. The van der Waals surface area contributed by atoms with Gasteiger partial charge in [0.1, 0.15) is 0 Å². The van der Waals surface area contributed by atoms with Gasteiger partial charge in [0.15, 0.2) is 0 Å². The molecule has 0 aliphatic heterocycles. The summed E-state index contributed by atoms with van der Waals surface area (Å²) in [4.78, 5) is 0. The van der Waals surface area contributed by atoms with Crippen LogP contribution in [0.15, 0.2) is 0 Å². The van der Waals surface area contributed by atoms with E-state index in [1.165, 1.54) is 0 Å². The van der Waals surface area contributed by atoms with E-state index in [1.807, 2.05) is 0 Å². The zero-order valence-corrected chi connectivity index (χ0v) is 10.4. The van der Waals surface area contributed by atoms with E-state index < -0.39 is 0 Å². The Morgan fingerprint density at radius 3 is 1.00 bits per heavy atom. The predicted octanol–water partition coefficient (Wildman–Crippen LogP) is -1.21. The third-order valence-corrected chi connectivity index (χ3v) is 0. The van der Waals surface area contributed by atoms with Crippen LogP contribution in [-0.2, 0) is 58.3 Å². The average molecular weight is 235 g/mol. The summed E-state index contributed by atoms with van der Waals surface area (Å²) in [6.45, 7) is 0. The van der Waals surface area contributed by atoms with E-state index in [2.05, 4.69) is 0 Å². The van der Waals surface area contributed by atoms with Crippen LogP contribution in [0.1, 0.15) is 0 Å². The molecule has 0 heterocycles. The normalized spacial score (nSPS) is 0. The van der Waals surface area contributed by atoms with Gasteiger partial charge in [-0.1, -0.05) is 0 Å². The van der Waals surface area contributed by atoms with Crippen molar-refractivity contribution in [3.8, 4) is 0 Å². The molecule has 0 saturated carbocycles. The Bertz CT molecular complexity index is 11.6. The third kappa shape index (κ3) is 19.3. The zero-order valence-electron chi connectivity index (χ0n) is 2.72. The Hall–Kier alpha value is 3.08. The molecule has 0 aromatic heterocycles. The Kier molecular flexibility index (Phi) is 236. The molecule has 0 saturated heterocycles. The molecule has 5 heteroatoms. The molecule has 0 atom stereocenters. The molecule has 0 aromatic rings. The van der Waals surface area contributed by atoms with Gasteiger partial charge in [0.2, 0.25) is 0 Å². The molecule has 0 aliphatic rings. The maximum atomic E-state index is 0. The summed E-state index contributed by atoms with van der Waals surface area (Å²) in [6, 6.07) is 0. The maximum absolute atomic E-state index is 0. The standard InChI is InChI=1S/Ca.Cu.H2O.Ti.Zn/h;;1H2;;. The van der Waals surface area contributed by atoms with Gasteiger partial charge in [-0.15, -0.1) is 0 Å². The fourth-order valence-electron chi connectivity index (χ4n) is 0. The van der Waals surface area contributed by atoms with Gasteiger partial charge in [-0.25, -0.2) is 0 Å². The van der Waals surface area contributed by atoms with Crippen LogP contribution >= 0.6 is 0 Å². The second kappa shape index (κ2) is 27.6. The van der Waals surface area contributed by atoms with E-state index in [9.17, 15) is 0 Å². The molecular formula is H2CaCuOTiZn. The minimum Gasteiger partial charge on any atom is -0.412 e. The molecule has 0 amide bonds. The van der Waals surface area contributed by atoms with Crippen molar-refractivity contribution in [1.29, 1.82) is 0 Å². The van der Waals surface area contributed by atoms with Gasteiger partial charge in [-0.3, -0.25) is 0 Å². The molecule has 1 nitrogen and oxygen atoms in total. The van der Waals surface area contributed by atoms with E-state index >= 15 is 0 Å². The molecule has 27 valence electrons. The van der Waals surface area contributed by atoms with Gasteiger partial charge in [0.05, 0.1) is 0 Å². The van der Waals surface area contributed by atoms with Crippen LogP contribution in [0, 0.1) is 0 Å². The second-order valence-electron chi connectivity index (χ2n) is 0. The number of rotatable bonds is 0. The molecule has 2 N–H and O–H groups in total. The monoisotopic (exact) mass is 233 g/mol. The molecule has 0 bridgehead atoms. The molecule has 5 heavy (non-hydrogen) atoms. The fourth-order valence-corrected chi connectivity index (χ4v) is 0. The molecule has 0 rings (SSSR count). The van der Waals surface area contributed by atoms with E-state index in [-0.39, 0.29) is 101 Å². The third-order valence-electron chi connectivity index (χ3n) is 0. The smallest absolute Gasteiger partial charge is 0 e. The minimum atomic E-state index is 0. The summed E-state index contributed by atoms with van der Waals surface area (Å²) < 4.78 is 0. The van der Waals surface area contributed by atoms with Gasteiger partial charge < -0.3 is 5.48 Å². The van der Waals surface area contributed by atoms with Crippen molar-refractivity contribution in [1.82, 2.24) is 0 Å². The zero-order chi connectivity index (χ0) is 0. The first-order valence-electron chi connectivity index (χ1n) is 0. The summed E-state index contributed by atoms with van der Waals surface area (Å²) in [7, 11) is 0. The maximum Gasteiger partial charge on any atom is 0 e. The van der Waals surface area contributed by atoms with E-state index in [0.29, 0.717) is 0 Å². The summed E-state index contributed by atoms with van der Waals surface area (Å²) in [6.07, 6.45) is 0. The molecule has 0 fully saturated rings. The summed E-state index contributed by atoms with van der Waals surface area (Å²) in [5.74, 6) is 0.